The van der Waals surface area contributed by atoms with Gasteiger partial charge in [0.05, 0.1) is 10.5 Å². The van der Waals surface area contributed by atoms with Gasteiger partial charge in [0.2, 0.25) is 5.91 Å². The second kappa shape index (κ2) is 5.70. The number of aromatic carboxylic acids is 1. The van der Waals surface area contributed by atoms with Crippen LogP contribution in [0, 0.1) is 0 Å². The molecule has 0 aliphatic rings. The summed E-state index contributed by atoms with van der Waals surface area (Å²) in [6.45, 7) is 1.03. The molecule has 1 rings (SSSR count). The van der Waals surface area contributed by atoms with Crippen LogP contribution in [-0.4, -0.2) is 36.7 Å². The van der Waals surface area contributed by atoms with Crippen molar-refractivity contribution in [3.8, 4) is 0 Å². The van der Waals surface area contributed by atoms with Crippen molar-refractivity contribution in [3.05, 3.63) is 29.8 Å². The fraction of sp³-hybridized carbons (Fsp3) is 0.182. The number of primary amides is 1. The Hall–Kier alpha value is -2.42. The van der Waals surface area contributed by atoms with E-state index in [9.17, 15) is 22.8 Å². The molecule has 0 bridgehead atoms. The third-order valence-electron chi connectivity index (χ3n) is 2.51. The number of sulfone groups is 1. The van der Waals surface area contributed by atoms with Crippen LogP contribution >= 0.6 is 0 Å². The Morgan fingerprint density at radius 3 is 2.30 bits per heavy atom. The van der Waals surface area contributed by atoms with E-state index in [1.807, 2.05) is 0 Å². The first-order valence-electron chi connectivity index (χ1n) is 5.34. The molecule has 0 fully saturated rings. The SMILES string of the molecule is CC(C(=O)NC(N)=O)S(=O)(=O)c1ccccc1C(=O)O. The highest BCUT2D eigenvalue weighted by molar-refractivity contribution is 7.92. The summed E-state index contributed by atoms with van der Waals surface area (Å²) in [5, 5.41) is 8.94. The van der Waals surface area contributed by atoms with Crippen molar-refractivity contribution >= 4 is 27.7 Å². The van der Waals surface area contributed by atoms with E-state index >= 15 is 0 Å². The molecule has 0 heterocycles. The summed E-state index contributed by atoms with van der Waals surface area (Å²) in [4.78, 5) is 32.6. The van der Waals surface area contributed by atoms with Crippen molar-refractivity contribution in [3.63, 3.8) is 0 Å². The lowest BCUT2D eigenvalue weighted by molar-refractivity contribution is -0.119. The van der Waals surface area contributed by atoms with Gasteiger partial charge in [0.25, 0.3) is 0 Å². The second-order valence-electron chi connectivity index (χ2n) is 3.84. The van der Waals surface area contributed by atoms with Crippen molar-refractivity contribution < 1.29 is 27.9 Å². The fourth-order valence-corrected chi connectivity index (χ4v) is 2.90. The zero-order valence-electron chi connectivity index (χ0n) is 10.4. The lowest BCUT2D eigenvalue weighted by atomic mass is 10.2. The highest BCUT2D eigenvalue weighted by Crippen LogP contribution is 2.20. The number of nitrogens with one attached hydrogen (secondary N) is 1. The molecule has 20 heavy (non-hydrogen) atoms. The molecule has 1 unspecified atom stereocenters. The van der Waals surface area contributed by atoms with Gasteiger partial charge in [-0.05, 0) is 19.1 Å². The van der Waals surface area contributed by atoms with E-state index in [0.717, 1.165) is 19.1 Å². The molecule has 1 atom stereocenters. The van der Waals surface area contributed by atoms with Crippen LogP contribution in [0.1, 0.15) is 17.3 Å². The smallest absolute Gasteiger partial charge is 0.337 e. The van der Waals surface area contributed by atoms with Gasteiger partial charge in [-0.2, -0.15) is 0 Å². The number of carbonyl (C=O) groups is 3. The van der Waals surface area contributed by atoms with Gasteiger partial charge >= 0.3 is 12.0 Å². The predicted octanol–water partition coefficient (Wildman–Crippen LogP) is -0.258. The first-order valence-corrected chi connectivity index (χ1v) is 6.89. The molecule has 3 amide bonds. The monoisotopic (exact) mass is 300 g/mol. The van der Waals surface area contributed by atoms with Crippen LogP contribution < -0.4 is 11.1 Å². The van der Waals surface area contributed by atoms with Crippen LogP contribution in [0.15, 0.2) is 29.2 Å². The van der Waals surface area contributed by atoms with Gasteiger partial charge < -0.3 is 10.8 Å². The van der Waals surface area contributed by atoms with Crippen LogP contribution in [0.2, 0.25) is 0 Å². The number of nitrogens with two attached hydrogens (primary N) is 1. The lowest BCUT2D eigenvalue weighted by Gasteiger charge is -2.13. The predicted molar refractivity (Wildman–Crippen MR) is 67.8 cm³/mol. The molecular formula is C11H12N2O6S. The third-order valence-corrected chi connectivity index (χ3v) is 4.62. The van der Waals surface area contributed by atoms with Crippen molar-refractivity contribution in [2.24, 2.45) is 5.73 Å². The zero-order chi connectivity index (χ0) is 15.5. The van der Waals surface area contributed by atoms with E-state index in [4.69, 9.17) is 10.8 Å². The van der Waals surface area contributed by atoms with Crippen LogP contribution in [0.25, 0.3) is 0 Å². The molecule has 9 heteroatoms. The van der Waals surface area contributed by atoms with Gasteiger partial charge in [0.15, 0.2) is 9.84 Å². The number of carboxylic acid groups (broad SMARTS) is 1. The molecule has 0 aromatic heterocycles. The van der Waals surface area contributed by atoms with Gasteiger partial charge in [-0.1, -0.05) is 12.1 Å². The largest absolute Gasteiger partial charge is 0.478 e. The Labute approximate surface area is 114 Å². The molecule has 0 radical (unpaired) electrons. The highest BCUT2D eigenvalue weighted by Gasteiger charge is 2.33. The van der Waals surface area contributed by atoms with Gasteiger partial charge in [-0.25, -0.2) is 18.0 Å². The number of imide groups is 1. The molecule has 1 aromatic rings. The molecule has 8 nitrogen and oxygen atoms in total. The third kappa shape index (κ3) is 3.12. The summed E-state index contributed by atoms with van der Waals surface area (Å²) < 4.78 is 24.4. The number of urea groups is 1. The number of carbonyl (C=O) groups excluding carboxylic acids is 2. The molecule has 0 spiro atoms. The van der Waals surface area contributed by atoms with Crippen LogP contribution in [0.3, 0.4) is 0 Å². The second-order valence-corrected chi connectivity index (χ2v) is 6.08. The fourth-order valence-electron chi connectivity index (χ4n) is 1.45. The zero-order valence-corrected chi connectivity index (χ0v) is 11.2. The van der Waals surface area contributed by atoms with Gasteiger partial charge in [-0.15, -0.1) is 0 Å². The number of carboxylic acids is 1. The minimum atomic E-state index is -4.26. The van der Waals surface area contributed by atoms with Crippen molar-refractivity contribution in [2.45, 2.75) is 17.1 Å². The maximum atomic E-state index is 12.2. The number of amides is 3. The minimum Gasteiger partial charge on any atom is -0.478 e. The summed E-state index contributed by atoms with van der Waals surface area (Å²) in [5.41, 5.74) is 4.28. The summed E-state index contributed by atoms with van der Waals surface area (Å²) >= 11 is 0. The normalized spacial score (nSPS) is 12.4. The Morgan fingerprint density at radius 1 is 1.25 bits per heavy atom. The van der Waals surface area contributed by atoms with Crippen LogP contribution in [-0.2, 0) is 14.6 Å². The molecule has 0 saturated carbocycles. The maximum absolute atomic E-state index is 12.2. The molecular weight excluding hydrogens is 288 g/mol. The number of benzene rings is 1. The average Bonchev–Trinajstić information content (AvgIpc) is 2.36. The van der Waals surface area contributed by atoms with Gasteiger partial charge in [-0.3, -0.25) is 10.1 Å². The van der Waals surface area contributed by atoms with E-state index < -0.39 is 43.5 Å². The quantitative estimate of drug-likeness (QED) is 0.699. The Balaban J connectivity index is 3.27. The van der Waals surface area contributed by atoms with E-state index in [2.05, 4.69) is 0 Å². The van der Waals surface area contributed by atoms with Crippen molar-refractivity contribution in [2.75, 3.05) is 0 Å². The first-order chi connectivity index (χ1) is 9.17. The van der Waals surface area contributed by atoms with E-state index in [0.29, 0.717) is 0 Å². The number of hydrogen-bond donors (Lipinski definition) is 3. The molecule has 0 aliphatic carbocycles. The minimum absolute atomic E-state index is 0.453. The molecule has 1 aromatic carbocycles. The van der Waals surface area contributed by atoms with Crippen molar-refractivity contribution in [1.82, 2.24) is 5.32 Å². The Morgan fingerprint density at radius 2 is 1.80 bits per heavy atom. The molecule has 0 saturated heterocycles. The summed E-state index contributed by atoms with van der Waals surface area (Å²) in [5.74, 6) is -2.57. The summed E-state index contributed by atoms with van der Waals surface area (Å²) in [6.07, 6.45) is 0. The molecule has 4 N–H and O–H groups in total. The molecule has 0 aliphatic heterocycles. The average molecular weight is 300 g/mol. The van der Waals surface area contributed by atoms with Gasteiger partial charge in [0.1, 0.15) is 5.25 Å². The van der Waals surface area contributed by atoms with Crippen LogP contribution in [0.5, 0.6) is 0 Å². The standard InChI is InChI=1S/C11H12N2O6S/c1-6(9(14)13-11(12)17)20(18,19)8-5-3-2-4-7(8)10(15)16/h2-6H,1H3,(H,15,16)(H3,12,13,14,17). The Bertz CT molecular complexity index is 667. The Kier molecular flexibility index (Phi) is 4.45. The lowest BCUT2D eigenvalue weighted by Crippen LogP contribution is -2.43. The first kappa shape index (κ1) is 15.6. The maximum Gasteiger partial charge on any atom is 0.337 e. The number of hydrogen-bond acceptors (Lipinski definition) is 5. The summed E-state index contributed by atoms with van der Waals surface area (Å²) in [6, 6.07) is 3.68. The van der Waals surface area contributed by atoms with E-state index in [-0.39, 0.29) is 0 Å². The highest BCUT2D eigenvalue weighted by atomic mass is 32.2. The van der Waals surface area contributed by atoms with Crippen molar-refractivity contribution in [1.29, 1.82) is 0 Å². The van der Waals surface area contributed by atoms with Crippen LogP contribution in [0.4, 0.5) is 4.79 Å². The topological polar surface area (TPSA) is 144 Å². The van der Waals surface area contributed by atoms with Gasteiger partial charge in [0, 0.05) is 0 Å². The number of rotatable bonds is 4. The molecule has 108 valence electrons. The summed E-state index contributed by atoms with van der Waals surface area (Å²) in [7, 11) is -4.26. The van der Waals surface area contributed by atoms with E-state index in [1.165, 1.54) is 12.1 Å². The van der Waals surface area contributed by atoms with E-state index in [1.54, 1.807) is 5.32 Å².